The average Bonchev–Trinajstić information content (AvgIpc) is 2.93. The van der Waals surface area contributed by atoms with Crippen molar-refractivity contribution >= 4 is 17.8 Å². The van der Waals surface area contributed by atoms with Crippen LogP contribution < -0.4 is 10.1 Å². The maximum atomic E-state index is 12.3. The van der Waals surface area contributed by atoms with Crippen LogP contribution in [0.25, 0.3) is 0 Å². The van der Waals surface area contributed by atoms with Gasteiger partial charge in [-0.1, -0.05) is 85.9 Å². The highest BCUT2D eigenvalue weighted by Gasteiger charge is 2.15. The molecular weight excluding hydrogens is 514 g/mol. The van der Waals surface area contributed by atoms with Crippen molar-refractivity contribution in [3.05, 3.63) is 102 Å². The Kier molecular flexibility index (Phi) is 20.5. The number of hydrogen-bond acceptors (Lipinski definition) is 5. The summed E-state index contributed by atoms with van der Waals surface area (Å²) in [6, 6.07) is 4.95. The molecule has 0 bridgehead atoms. The molecule has 0 atom stereocenters. The maximum absolute atomic E-state index is 12.3. The van der Waals surface area contributed by atoms with Gasteiger partial charge in [-0.3, -0.25) is 9.59 Å². The molecule has 1 rings (SSSR count). The van der Waals surface area contributed by atoms with Gasteiger partial charge in [-0.25, -0.2) is 4.79 Å². The fourth-order valence-corrected chi connectivity index (χ4v) is 3.52. The number of benzene rings is 1. The van der Waals surface area contributed by atoms with E-state index < -0.39 is 11.9 Å². The molecule has 0 radical (unpaired) electrons. The third-order valence-corrected chi connectivity index (χ3v) is 5.62. The van der Waals surface area contributed by atoms with Crippen LogP contribution in [-0.4, -0.2) is 31.0 Å². The smallest absolute Gasteiger partial charge is 0.341 e. The molecule has 0 saturated carbocycles. The number of amides is 1. The Bertz CT molecular complexity index is 1090. The van der Waals surface area contributed by atoms with E-state index in [0.29, 0.717) is 25.8 Å². The van der Waals surface area contributed by atoms with Crippen molar-refractivity contribution in [2.24, 2.45) is 0 Å². The Balaban J connectivity index is 2.07. The van der Waals surface area contributed by atoms with Crippen molar-refractivity contribution in [2.75, 3.05) is 13.2 Å². The summed E-state index contributed by atoms with van der Waals surface area (Å²) >= 11 is 0. The minimum atomic E-state index is -0.565. The Morgan fingerprint density at radius 1 is 0.780 bits per heavy atom. The summed E-state index contributed by atoms with van der Waals surface area (Å²) in [5.74, 6) is -0.918. The average molecular weight is 562 g/mol. The number of allylic oxidation sites excluding steroid dienone is 12. The fourth-order valence-electron chi connectivity index (χ4n) is 3.52. The summed E-state index contributed by atoms with van der Waals surface area (Å²) in [6.07, 6.45) is 33.3. The van der Waals surface area contributed by atoms with Crippen molar-refractivity contribution in [1.82, 2.24) is 5.32 Å². The molecule has 1 aromatic carbocycles. The van der Waals surface area contributed by atoms with Gasteiger partial charge in [0, 0.05) is 19.9 Å². The van der Waals surface area contributed by atoms with Gasteiger partial charge in [-0.2, -0.15) is 0 Å². The zero-order chi connectivity index (χ0) is 30.0. The van der Waals surface area contributed by atoms with Crippen molar-refractivity contribution in [3.63, 3.8) is 0 Å². The predicted octanol–water partition coefficient (Wildman–Crippen LogP) is 8.06. The van der Waals surface area contributed by atoms with E-state index in [1.165, 1.54) is 6.92 Å². The van der Waals surface area contributed by atoms with Gasteiger partial charge < -0.3 is 14.8 Å². The van der Waals surface area contributed by atoms with Crippen LogP contribution in [0.2, 0.25) is 0 Å². The summed E-state index contributed by atoms with van der Waals surface area (Å²) in [5.41, 5.74) is 1.07. The molecule has 1 aromatic rings. The summed E-state index contributed by atoms with van der Waals surface area (Å²) < 4.78 is 10.4. The highest BCUT2D eigenvalue weighted by molar-refractivity contribution is 5.93. The predicted molar refractivity (Wildman–Crippen MR) is 168 cm³/mol. The molecule has 1 N–H and O–H groups in total. The Morgan fingerprint density at radius 2 is 1.32 bits per heavy atom. The number of hydrogen-bond donors (Lipinski definition) is 1. The molecule has 1 amide bonds. The van der Waals surface area contributed by atoms with E-state index in [2.05, 4.69) is 79.1 Å². The molecule has 222 valence electrons. The van der Waals surface area contributed by atoms with E-state index in [1.54, 1.807) is 18.2 Å². The summed E-state index contributed by atoms with van der Waals surface area (Å²) in [7, 11) is 0. The van der Waals surface area contributed by atoms with Crippen LogP contribution in [0.4, 0.5) is 0 Å². The number of carbonyl (C=O) groups excluding carboxylic acids is 3. The zero-order valence-corrected chi connectivity index (χ0v) is 25.0. The van der Waals surface area contributed by atoms with Gasteiger partial charge in [0.1, 0.15) is 11.3 Å². The molecule has 0 fully saturated rings. The van der Waals surface area contributed by atoms with Gasteiger partial charge in [-0.15, -0.1) is 0 Å². The van der Waals surface area contributed by atoms with Gasteiger partial charge in [-0.05, 0) is 76.0 Å². The summed E-state index contributed by atoms with van der Waals surface area (Å²) in [6.45, 7) is 5.83. The van der Waals surface area contributed by atoms with Crippen LogP contribution in [0.15, 0.2) is 91.1 Å². The number of ether oxygens (including phenoxy) is 2. The van der Waals surface area contributed by atoms with Crippen molar-refractivity contribution in [3.8, 4) is 5.75 Å². The van der Waals surface area contributed by atoms with Crippen LogP contribution in [0.5, 0.6) is 5.75 Å². The molecular formula is C35H47NO5. The lowest BCUT2D eigenvalue weighted by molar-refractivity contribution is -0.131. The second kappa shape index (κ2) is 23.9. The van der Waals surface area contributed by atoms with Crippen molar-refractivity contribution in [2.45, 2.75) is 78.6 Å². The molecule has 0 aliphatic heterocycles. The number of esters is 2. The molecule has 6 heteroatoms. The molecule has 0 aliphatic rings. The van der Waals surface area contributed by atoms with Crippen LogP contribution in [0, 0.1) is 6.92 Å². The van der Waals surface area contributed by atoms with E-state index in [9.17, 15) is 14.4 Å². The first-order valence-electron chi connectivity index (χ1n) is 14.6. The van der Waals surface area contributed by atoms with E-state index in [4.69, 9.17) is 9.47 Å². The number of rotatable bonds is 20. The third-order valence-electron chi connectivity index (χ3n) is 5.62. The standard InChI is InChI=1S/C35H47NO5/c1-4-5-6-7-8-9-10-11-12-13-14-15-16-17-18-19-20-21-22-24-34(38)36-27-23-28-40-35(39)32-26-25-30(2)29-33(32)41-31(3)37/h5-6,8-9,11-12,14-15,17-18,20-21,25-26,29H,4,7,10,13,16,19,22-24,27-28H2,1-3H3,(H,36,38)/b6-5-,9-8-,12-11-,15-14-,18-17-,21-20-. The molecule has 6 nitrogen and oxygen atoms in total. The van der Waals surface area contributed by atoms with Crippen LogP contribution in [0.1, 0.15) is 87.6 Å². The molecule has 0 heterocycles. The third kappa shape index (κ3) is 19.7. The maximum Gasteiger partial charge on any atom is 0.341 e. The number of aryl methyl sites for hydroxylation is 1. The first-order chi connectivity index (χ1) is 19.9. The lowest BCUT2D eigenvalue weighted by atomic mass is 10.1. The SMILES string of the molecule is CC/C=C\C/C=C\C/C=C\C/C=C\C/C=C\C/C=C\CCC(=O)NCCCOC(=O)c1ccc(C)cc1OC(C)=O. The largest absolute Gasteiger partial charge is 0.462 e. The molecule has 0 saturated heterocycles. The minimum absolute atomic E-state index is 0.0356. The summed E-state index contributed by atoms with van der Waals surface area (Å²) in [4.78, 5) is 35.6. The highest BCUT2D eigenvalue weighted by Crippen LogP contribution is 2.21. The lowest BCUT2D eigenvalue weighted by Crippen LogP contribution is -2.25. The molecule has 0 aromatic heterocycles. The van der Waals surface area contributed by atoms with Gasteiger partial charge in [0.25, 0.3) is 0 Å². The minimum Gasteiger partial charge on any atom is -0.462 e. The van der Waals surface area contributed by atoms with Crippen molar-refractivity contribution in [1.29, 1.82) is 0 Å². The van der Waals surface area contributed by atoms with Gasteiger partial charge in [0.05, 0.1) is 6.61 Å². The van der Waals surface area contributed by atoms with Crippen LogP contribution in [0.3, 0.4) is 0 Å². The fraction of sp³-hybridized carbons (Fsp3) is 0.400. The lowest BCUT2D eigenvalue weighted by Gasteiger charge is -2.10. The van der Waals surface area contributed by atoms with Gasteiger partial charge in [0.15, 0.2) is 0 Å². The van der Waals surface area contributed by atoms with Gasteiger partial charge >= 0.3 is 11.9 Å². The first kappa shape index (κ1) is 35.1. The molecule has 0 aliphatic carbocycles. The number of nitrogens with one attached hydrogen (secondary N) is 1. The Morgan fingerprint density at radius 3 is 1.85 bits per heavy atom. The van der Waals surface area contributed by atoms with Gasteiger partial charge in [0.2, 0.25) is 5.91 Å². The molecule has 0 spiro atoms. The normalized spacial score (nSPS) is 12.1. The van der Waals surface area contributed by atoms with Crippen LogP contribution in [-0.2, 0) is 14.3 Å². The second-order valence-electron chi connectivity index (χ2n) is 9.39. The molecule has 0 unspecified atom stereocenters. The van der Waals surface area contributed by atoms with Crippen molar-refractivity contribution < 1.29 is 23.9 Å². The second-order valence-corrected chi connectivity index (χ2v) is 9.39. The van der Waals surface area contributed by atoms with E-state index in [1.807, 2.05) is 13.0 Å². The Labute approximate surface area is 246 Å². The molecule has 41 heavy (non-hydrogen) atoms. The zero-order valence-electron chi connectivity index (χ0n) is 25.0. The van der Waals surface area contributed by atoms with Crippen LogP contribution >= 0.6 is 0 Å². The van der Waals surface area contributed by atoms with E-state index in [-0.39, 0.29) is 23.8 Å². The number of carbonyl (C=O) groups is 3. The summed E-state index contributed by atoms with van der Waals surface area (Å²) in [5, 5.41) is 2.83. The monoisotopic (exact) mass is 561 g/mol. The highest BCUT2D eigenvalue weighted by atomic mass is 16.5. The first-order valence-corrected chi connectivity index (χ1v) is 14.6. The van der Waals surface area contributed by atoms with E-state index >= 15 is 0 Å². The van der Waals surface area contributed by atoms with E-state index in [0.717, 1.165) is 44.1 Å². The topological polar surface area (TPSA) is 81.7 Å². The quantitative estimate of drug-likeness (QED) is 0.0753. The Hall–Kier alpha value is -3.93.